The first kappa shape index (κ1) is 16.2. The van der Waals surface area contributed by atoms with Gasteiger partial charge in [0.2, 0.25) is 0 Å². The highest BCUT2D eigenvalue weighted by atomic mass is 79.9. The van der Waals surface area contributed by atoms with E-state index < -0.39 is 0 Å². The van der Waals surface area contributed by atoms with Crippen molar-refractivity contribution in [3.8, 4) is 5.75 Å². The van der Waals surface area contributed by atoms with Gasteiger partial charge in [-0.1, -0.05) is 0 Å². The molecule has 6 nitrogen and oxygen atoms in total. The molecule has 0 atom stereocenters. The number of aromatic hydroxyl groups is 1. The van der Waals surface area contributed by atoms with E-state index in [-0.39, 0.29) is 18.2 Å². The molecule has 1 amide bonds. The fourth-order valence-electron chi connectivity index (χ4n) is 1.91. The van der Waals surface area contributed by atoms with Gasteiger partial charge in [0.25, 0.3) is 5.91 Å². The van der Waals surface area contributed by atoms with Crippen molar-refractivity contribution in [3.05, 3.63) is 45.7 Å². The predicted octanol–water partition coefficient (Wildman–Crippen LogP) is 2.51. The monoisotopic (exact) mass is 364 g/mol. The Balaban J connectivity index is 2.01. The summed E-state index contributed by atoms with van der Waals surface area (Å²) in [6.07, 6.45) is 0. The van der Waals surface area contributed by atoms with Crippen molar-refractivity contribution in [1.29, 1.82) is 0 Å². The molecule has 0 aliphatic carbocycles. The molecule has 0 spiro atoms. The normalized spacial score (nSPS) is 11.5. The zero-order valence-electron chi connectivity index (χ0n) is 12.6. The van der Waals surface area contributed by atoms with Crippen molar-refractivity contribution in [2.75, 3.05) is 0 Å². The number of phenolic OH excluding ortho intramolecular Hbond substituents is 1. The van der Waals surface area contributed by atoms with E-state index in [1.807, 2.05) is 13.8 Å². The second-order valence-corrected chi connectivity index (χ2v) is 5.71. The first-order chi connectivity index (χ1) is 10.4. The first-order valence-corrected chi connectivity index (χ1v) is 7.50. The maximum Gasteiger partial charge on any atom is 0.261 e. The van der Waals surface area contributed by atoms with E-state index in [4.69, 9.17) is 0 Å². The Kier molecular flexibility index (Phi) is 4.97. The van der Waals surface area contributed by atoms with Crippen molar-refractivity contribution in [1.82, 2.24) is 15.2 Å². The summed E-state index contributed by atoms with van der Waals surface area (Å²) in [5, 5.41) is 17.6. The third-order valence-corrected chi connectivity index (χ3v) is 4.37. The van der Waals surface area contributed by atoms with Crippen LogP contribution in [0.3, 0.4) is 0 Å². The molecule has 0 bridgehead atoms. The Morgan fingerprint density at radius 1 is 1.36 bits per heavy atom. The molecule has 2 rings (SSSR count). The minimum atomic E-state index is -0.253. The van der Waals surface area contributed by atoms with Crippen molar-refractivity contribution in [2.45, 2.75) is 27.3 Å². The van der Waals surface area contributed by atoms with Crippen LogP contribution in [0.25, 0.3) is 0 Å². The van der Waals surface area contributed by atoms with Crippen LogP contribution in [-0.2, 0) is 11.3 Å². The van der Waals surface area contributed by atoms with Crippen LogP contribution < -0.4 is 5.43 Å². The lowest BCUT2D eigenvalue weighted by Crippen LogP contribution is -2.25. The number of benzene rings is 1. The molecule has 1 aromatic heterocycles. The summed E-state index contributed by atoms with van der Waals surface area (Å²) in [4.78, 5) is 11.9. The molecule has 0 fully saturated rings. The van der Waals surface area contributed by atoms with Crippen molar-refractivity contribution >= 4 is 27.5 Å². The van der Waals surface area contributed by atoms with Crippen LogP contribution in [0.1, 0.15) is 23.9 Å². The number of carbonyl (C=O) groups is 1. The van der Waals surface area contributed by atoms with Gasteiger partial charge >= 0.3 is 0 Å². The van der Waals surface area contributed by atoms with Gasteiger partial charge in [-0.3, -0.25) is 9.48 Å². The summed E-state index contributed by atoms with van der Waals surface area (Å²) in [6.45, 7) is 5.65. The van der Waals surface area contributed by atoms with Gasteiger partial charge in [-0.25, -0.2) is 5.43 Å². The van der Waals surface area contributed by atoms with Gasteiger partial charge in [0.05, 0.1) is 21.6 Å². The second-order valence-electron chi connectivity index (χ2n) is 4.92. The third-order valence-electron chi connectivity index (χ3n) is 3.22. The second kappa shape index (κ2) is 6.74. The summed E-state index contributed by atoms with van der Waals surface area (Å²) < 4.78 is 2.53. The van der Waals surface area contributed by atoms with Crippen molar-refractivity contribution in [2.24, 2.45) is 5.10 Å². The Bertz CT molecular complexity index is 720. The van der Waals surface area contributed by atoms with Crippen LogP contribution in [0, 0.1) is 13.8 Å². The number of aryl methyl sites for hydroxylation is 1. The quantitative estimate of drug-likeness (QED) is 0.646. The highest BCUT2D eigenvalue weighted by molar-refractivity contribution is 9.10. The van der Waals surface area contributed by atoms with Gasteiger partial charge in [0.1, 0.15) is 12.3 Å². The lowest BCUT2D eigenvalue weighted by molar-refractivity contribution is -0.121. The fourth-order valence-corrected chi connectivity index (χ4v) is 2.20. The molecule has 7 heteroatoms. The standard InChI is InChI=1S/C15H17BrN4O2/c1-9(12-4-6-13(21)7-5-12)17-18-14(22)8-20-11(3)15(16)10(2)19-20/h4-7,21H,8H2,1-3H3,(H,18,22)/b17-9+. The van der Waals surface area contributed by atoms with E-state index >= 15 is 0 Å². The molecule has 2 aromatic rings. The number of nitrogens with zero attached hydrogens (tertiary/aromatic N) is 3. The molecule has 1 heterocycles. The molecule has 0 saturated heterocycles. The van der Waals surface area contributed by atoms with Gasteiger partial charge in [-0.2, -0.15) is 10.2 Å². The molecular formula is C15H17BrN4O2. The average molecular weight is 365 g/mol. The number of halogens is 1. The van der Waals surface area contributed by atoms with Gasteiger partial charge in [0, 0.05) is 0 Å². The number of hydrogen-bond donors (Lipinski definition) is 2. The first-order valence-electron chi connectivity index (χ1n) is 6.70. The Morgan fingerprint density at radius 3 is 2.55 bits per heavy atom. The van der Waals surface area contributed by atoms with Crippen molar-refractivity contribution < 1.29 is 9.90 Å². The van der Waals surface area contributed by atoms with Crippen LogP contribution in [0.4, 0.5) is 0 Å². The summed E-state index contributed by atoms with van der Waals surface area (Å²) >= 11 is 3.43. The van der Waals surface area contributed by atoms with Crippen LogP contribution in [0.15, 0.2) is 33.8 Å². The molecule has 0 aliphatic rings. The van der Waals surface area contributed by atoms with E-state index in [2.05, 4.69) is 31.6 Å². The van der Waals surface area contributed by atoms with E-state index in [1.165, 1.54) is 0 Å². The Hall–Kier alpha value is -2.15. The summed E-state index contributed by atoms with van der Waals surface area (Å²) in [5.41, 5.74) is 5.73. The van der Waals surface area contributed by atoms with E-state index in [1.54, 1.807) is 35.9 Å². The number of hydrazone groups is 1. The SMILES string of the molecule is C/C(=N\NC(=O)Cn1nc(C)c(Br)c1C)c1ccc(O)cc1. The number of hydrogen-bond acceptors (Lipinski definition) is 4. The van der Waals surface area contributed by atoms with Crippen LogP contribution in [-0.4, -0.2) is 26.5 Å². The number of phenols is 1. The van der Waals surface area contributed by atoms with Gasteiger partial charge in [-0.05, 0) is 66.5 Å². The lowest BCUT2D eigenvalue weighted by Gasteiger charge is -2.05. The molecule has 0 saturated carbocycles. The van der Waals surface area contributed by atoms with Gasteiger partial charge < -0.3 is 5.11 Å². The van der Waals surface area contributed by atoms with Crippen LogP contribution in [0.5, 0.6) is 5.75 Å². The molecule has 0 aliphatic heterocycles. The minimum absolute atomic E-state index is 0.102. The van der Waals surface area contributed by atoms with Crippen LogP contribution in [0.2, 0.25) is 0 Å². The summed E-state index contributed by atoms with van der Waals surface area (Å²) in [6, 6.07) is 6.62. The van der Waals surface area contributed by atoms with E-state index in [0.717, 1.165) is 21.4 Å². The molecule has 2 N–H and O–H groups in total. The highest BCUT2D eigenvalue weighted by Gasteiger charge is 2.11. The summed E-state index contributed by atoms with van der Waals surface area (Å²) in [7, 11) is 0. The number of rotatable bonds is 4. The molecular weight excluding hydrogens is 348 g/mol. The zero-order chi connectivity index (χ0) is 16.3. The van der Waals surface area contributed by atoms with Gasteiger partial charge in [-0.15, -0.1) is 0 Å². The molecule has 1 aromatic carbocycles. The molecule has 0 unspecified atom stereocenters. The van der Waals surface area contributed by atoms with Gasteiger partial charge in [0.15, 0.2) is 0 Å². The maximum absolute atomic E-state index is 11.9. The van der Waals surface area contributed by atoms with E-state index in [0.29, 0.717) is 5.71 Å². The molecule has 116 valence electrons. The molecule has 22 heavy (non-hydrogen) atoms. The Labute approximate surface area is 137 Å². The topological polar surface area (TPSA) is 79.5 Å². The predicted molar refractivity (Wildman–Crippen MR) is 87.9 cm³/mol. The number of nitrogens with one attached hydrogen (secondary N) is 1. The molecule has 0 radical (unpaired) electrons. The number of amides is 1. The van der Waals surface area contributed by atoms with Crippen LogP contribution >= 0.6 is 15.9 Å². The Morgan fingerprint density at radius 2 is 2.00 bits per heavy atom. The van der Waals surface area contributed by atoms with E-state index in [9.17, 15) is 9.90 Å². The largest absolute Gasteiger partial charge is 0.508 e. The number of carbonyl (C=O) groups excluding carboxylic acids is 1. The highest BCUT2D eigenvalue weighted by Crippen LogP contribution is 2.19. The zero-order valence-corrected chi connectivity index (χ0v) is 14.2. The minimum Gasteiger partial charge on any atom is -0.508 e. The number of aromatic nitrogens is 2. The summed E-state index contributed by atoms with van der Waals surface area (Å²) in [5.74, 6) is -0.0630. The average Bonchev–Trinajstić information content (AvgIpc) is 2.73. The smallest absolute Gasteiger partial charge is 0.261 e. The lowest BCUT2D eigenvalue weighted by atomic mass is 10.1. The van der Waals surface area contributed by atoms with Crippen molar-refractivity contribution in [3.63, 3.8) is 0 Å². The maximum atomic E-state index is 11.9. The third kappa shape index (κ3) is 3.73. The fraction of sp³-hybridized carbons (Fsp3) is 0.267.